The first-order chi connectivity index (χ1) is 16.7. The highest BCUT2D eigenvalue weighted by Crippen LogP contribution is 2.30. The summed E-state index contributed by atoms with van der Waals surface area (Å²) in [6.07, 6.45) is 6.42. The lowest BCUT2D eigenvalue weighted by molar-refractivity contribution is -0.103. The van der Waals surface area contributed by atoms with Crippen molar-refractivity contribution in [3.63, 3.8) is 0 Å². The normalized spacial score (nSPS) is 14.9. The molecule has 176 valence electrons. The second-order valence-electron chi connectivity index (χ2n) is 8.82. The van der Waals surface area contributed by atoms with Crippen LogP contribution in [0.15, 0.2) is 78.9 Å². The number of aryl methyl sites for hydroxylation is 1. The highest BCUT2D eigenvalue weighted by Gasteiger charge is 2.13. The van der Waals surface area contributed by atoms with Gasteiger partial charge in [0.2, 0.25) is 0 Å². The van der Waals surface area contributed by atoms with Crippen LogP contribution in [0.5, 0.6) is 11.5 Å². The molecule has 0 saturated carbocycles. The van der Waals surface area contributed by atoms with Crippen molar-refractivity contribution in [1.29, 1.82) is 0 Å². The predicted octanol–water partition coefficient (Wildman–Crippen LogP) is 6.00. The van der Waals surface area contributed by atoms with Gasteiger partial charge in [-0.2, -0.15) is 0 Å². The van der Waals surface area contributed by atoms with Gasteiger partial charge in [-0.15, -0.1) is 0 Å². The standard InChI is InChI=1S/C30H33NO3/c32-23-30(26-12-14-27(33)15-13-26)29(25-7-3-1-4-8-25)18-11-24-9-16-28(17-10-24)34-22-21-31-19-5-2-6-20-31/h1,3-4,7-10,12-17,23,33H,2,5-6,11,18-22H2. The third-order valence-corrected chi connectivity index (χ3v) is 6.46. The minimum absolute atomic E-state index is 0.188. The number of aromatic hydroxyl groups is 1. The van der Waals surface area contributed by atoms with Gasteiger partial charge in [-0.05, 0) is 85.3 Å². The number of phenolic OH excluding ortho intramolecular Hbond substituents is 1. The van der Waals surface area contributed by atoms with Crippen molar-refractivity contribution in [2.75, 3.05) is 26.2 Å². The van der Waals surface area contributed by atoms with Crippen LogP contribution < -0.4 is 4.74 Å². The average Bonchev–Trinajstić information content (AvgIpc) is 2.89. The average molecular weight is 456 g/mol. The maximum absolute atomic E-state index is 12.1. The van der Waals surface area contributed by atoms with Crippen molar-refractivity contribution in [3.8, 4) is 11.5 Å². The van der Waals surface area contributed by atoms with E-state index < -0.39 is 0 Å². The van der Waals surface area contributed by atoms with Gasteiger partial charge in [0.05, 0.1) is 0 Å². The summed E-state index contributed by atoms with van der Waals surface area (Å²) in [6, 6.07) is 25.2. The number of phenols is 1. The SMILES string of the molecule is O=CC(=C(CCc1ccc(OCCN2CCCCC2)cc1)c1ccccc1)c1ccc(O)cc1. The molecule has 4 nitrogen and oxygen atoms in total. The van der Waals surface area contributed by atoms with E-state index in [-0.39, 0.29) is 5.75 Å². The summed E-state index contributed by atoms with van der Waals surface area (Å²) >= 11 is 0. The number of piperidine rings is 1. The molecular formula is C30H33NO3. The Hall–Kier alpha value is -3.37. The smallest absolute Gasteiger partial charge is 0.150 e. The molecule has 3 aromatic rings. The number of rotatable bonds is 10. The Morgan fingerprint density at radius 3 is 2.24 bits per heavy atom. The van der Waals surface area contributed by atoms with E-state index in [1.165, 1.54) is 37.9 Å². The minimum atomic E-state index is 0.188. The molecule has 0 unspecified atom stereocenters. The van der Waals surface area contributed by atoms with E-state index >= 15 is 0 Å². The number of aldehydes is 1. The van der Waals surface area contributed by atoms with E-state index in [4.69, 9.17) is 4.74 Å². The Morgan fingerprint density at radius 1 is 0.853 bits per heavy atom. The third kappa shape index (κ3) is 6.58. The summed E-state index contributed by atoms with van der Waals surface area (Å²) in [7, 11) is 0. The number of hydrogen-bond donors (Lipinski definition) is 1. The lowest BCUT2D eigenvalue weighted by Crippen LogP contribution is -2.33. The predicted molar refractivity (Wildman–Crippen MR) is 138 cm³/mol. The van der Waals surface area contributed by atoms with Crippen molar-refractivity contribution >= 4 is 17.4 Å². The summed E-state index contributed by atoms with van der Waals surface area (Å²) in [5.41, 5.74) is 4.71. The first-order valence-electron chi connectivity index (χ1n) is 12.2. The molecule has 4 rings (SSSR count). The van der Waals surface area contributed by atoms with Gasteiger partial charge in [-0.3, -0.25) is 9.69 Å². The van der Waals surface area contributed by atoms with Crippen LogP contribution in [0, 0.1) is 0 Å². The summed E-state index contributed by atoms with van der Waals surface area (Å²) in [5, 5.41) is 9.64. The highest BCUT2D eigenvalue weighted by atomic mass is 16.5. The maximum Gasteiger partial charge on any atom is 0.150 e. The number of hydrogen-bond acceptors (Lipinski definition) is 4. The van der Waals surface area contributed by atoms with Crippen molar-refractivity contribution in [2.24, 2.45) is 0 Å². The van der Waals surface area contributed by atoms with E-state index in [0.717, 1.165) is 54.7 Å². The topological polar surface area (TPSA) is 49.8 Å². The molecule has 1 fully saturated rings. The van der Waals surface area contributed by atoms with E-state index in [0.29, 0.717) is 5.57 Å². The molecule has 1 aliphatic heterocycles. The highest BCUT2D eigenvalue weighted by molar-refractivity contribution is 6.17. The van der Waals surface area contributed by atoms with Gasteiger partial charge in [-0.1, -0.05) is 61.0 Å². The first kappa shape index (κ1) is 23.8. The summed E-state index contributed by atoms with van der Waals surface area (Å²) in [5.74, 6) is 1.09. The minimum Gasteiger partial charge on any atom is -0.508 e. The second-order valence-corrected chi connectivity index (χ2v) is 8.82. The van der Waals surface area contributed by atoms with Crippen molar-refractivity contribution in [1.82, 2.24) is 4.90 Å². The molecular weight excluding hydrogens is 422 g/mol. The van der Waals surface area contributed by atoms with Gasteiger partial charge in [0, 0.05) is 12.1 Å². The molecule has 34 heavy (non-hydrogen) atoms. The van der Waals surface area contributed by atoms with Crippen LogP contribution in [0.3, 0.4) is 0 Å². The lowest BCUT2D eigenvalue weighted by atomic mass is 9.91. The van der Waals surface area contributed by atoms with E-state index in [2.05, 4.69) is 17.0 Å². The zero-order valence-corrected chi connectivity index (χ0v) is 19.7. The Labute approximate surface area is 202 Å². The van der Waals surface area contributed by atoms with Crippen LogP contribution in [0.25, 0.3) is 11.1 Å². The van der Waals surface area contributed by atoms with Crippen LogP contribution in [-0.4, -0.2) is 42.5 Å². The van der Waals surface area contributed by atoms with E-state index in [1.54, 1.807) is 24.3 Å². The number of benzene rings is 3. The summed E-state index contributed by atoms with van der Waals surface area (Å²) in [4.78, 5) is 14.6. The first-order valence-corrected chi connectivity index (χ1v) is 12.2. The quantitative estimate of drug-likeness (QED) is 0.231. The molecule has 0 atom stereocenters. The van der Waals surface area contributed by atoms with Gasteiger partial charge < -0.3 is 9.84 Å². The Morgan fingerprint density at radius 2 is 1.56 bits per heavy atom. The van der Waals surface area contributed by atoms with Crippen LogP contribution in [0.4, 0.5) is 0 Å². The van der Waals surface area contributed by atoms with Crippen LogP contribution in [0.1, 0.15) is 42.4 Å². The number of nitrogens with zero attached hydrogens (tertiary/aromatic N) is 1. The number of likely N-dealkylation sites (tertiary alicyclic amines) is 1. The Balaban J connectivity index is 1.43. The molecule has 1 N–H and O–H groups in total. The zero-order valence-electron chi connectivity index (χ0n) is 19.7. The summed E-state index contributed by atoms with van der Waals surface area (Å²) < 4.78 is 5.96. The van der Waals surface area contributed by atoms with E-state index in [9.17, 15) is 9.90 Å². The molecule has 1 aliphatic rings. The largest absolute Gasteiger partial charge is 0.508 e. The van der Waals surface area contributed by atoms with Crippen LogP contribution in [-0.2, 0) is 11.2 Å². The van der Waals surface area contributed by atoms with Gasteiger partial charge in [0.25, 0.3) is 0 Å². The molecule has 0 spiro atoms. The fourth-order valence-corrected chi connectivity index (χ4v) is 4.53. The fourth-order valence-electron chi connectivity index (χ4n) is 4.53. The molecule has 3 aromatic carbocycles. The van der Waals surface area contributed by atoms with Crippen LogP contribution in [0.2, 0.25) is 0 Å². The number of allylic oxidation sites excluding steroid dienone is 2. The monoisotopic (exact) mass is 455 g/mol. The van der Waals surface area contributed by atoms with Crippen molar-refractivity contribution in [2.45, 2.75) is 32.1 Å². The molecule has 1 heterocycles. The van der Waals surface area contributed by atoms with E-state index in [1.807, 2.05) is 42.5 Å². The Kier molecular flexibility index (Phi) is 8.53. The van der Waals surface area contributed by atoms with Gasteiger partial charge >= 0.3 is 0 Å². The number of carbonyl (C=O) groups excluding carboxylic acids is 1. The maximum atomic E-state index is 12.1. The molecule has 0 aliphatic carbocycles. The van der Waals surface area contributed by atoms with Crippen LogP contribution >= 0.6 is 0 Å². The number of ether oxygens (including phenoxy) is 1. The zero-order chi connectivity index (χ0) is 23.6. The van der Waals surface area contributed by atoms with Gasteiger partial charge in [0.1, 0.15) is 18.1 Å². The molecule has 0 amide bonds. The van der Waals surface area contributed by atoms with Crippen molar-refractivity contribution < 1.29 is 14.6 Å². The summed E-state index contributed by atoms with van der Waals surface area (Å²) in [6.45, 7) is 4.08. The molecule has 0 radical (unpaired) electrons. The lowest BCUT2D eigenvalue weighted by Gasteiger charge is -2.26. The Bertz CT molecular complexity index is 1070. The fraction of sp³-hybridized carbons (Fsp3) is 0.300. The number of carbonyl (C=O) groups is 1. The second kappa shape index (κ2) is 12.2. The van der Waals surface area contributed by atoms with Gasteiger partial charge in [-0.25, -0.2) is 0 Å². The van der Waals surface area contributed by atoms with Gasteiger partial charge in [0.15, 0.2) is 6.29 Å². The molecule has 0 bridgehead atoms. The molecule has 0 aromatic heterocycles. The van der Waals surface area contributed by atoms with Crippen molar-refractivity contribution in [3.05, 3.63) is 95.6 Å². The molecule has 1 saturated heterocycles. The third-order valence-electron chi connectivity index (χ3n) is 6.46. The molecule has 4 heteroatoms.